The molecule has 1 aliphatic heterocycles. The molecule has 0 bridgehead atoms. The molecular formula is C24H23N3O3S2. The van der Waals surface area contributed by atoms with Gasteiger partial charge >= 0.3 is 0 Å². The van der Waals surface area contributed by atoms with E-state index >= 15 is 0 Å². The largest absolute Gasteiger partial charge is 0.378 e. The maximum absolute atomic E-state index is 13.5. The molecule has 1 saturated heterocycles. The molecule has 0 N–H and O–H groups in total. The van der Waals surface area contributed by atoms with Crippen LogP contribution in [0, 0.1) is 18.3 Å². The molecule has 0 radical (unpaired) electrons. The van der Waals surface area contributed by atoms with Gasteiger partial charge in [0, 0.05) is 18.0 Å². The first kappa shape index (κ1) is 22.2. The summed E-state index contributed by atoms with van der Waals surface area (Å²) in [7, 11) is 0. The minimum absolute atomic E-state index is 0.0175. The molecule has 1 fully saturated rings. The predicted molar refractivity (Wildman–Crippen MR) is 128 cm³/mol. The molecule has 0 unspecified atom stereocenters. The summed E-state index contributed by atoms with van der Waals surface area (Å²) in [5.74, 6) is -0.366. The number of ether oxygens (including phenoxy) is 1. The number of carbonyl (C=O) groups is 1. The molecule has 1 aromatic carbocycles. The summed E-state index contributed by atoms with van der Waals surface area (Å²) in [4.78, 5) is 29.3. The zero-order chi connectivity index (χ0) is 22.7. The number of nitriles is 1. The van der Waals surface area contributed by atoms with Crippen molar-refractivity contribution in [1.82, 2.24) is 9.47 Å². The van der Waals surface area contributed by atoms with Gasteiger partial charge in [-0.3, -0.25) is 14.2 Å². The van der Waals surface area contributed by atoms with E-state index in [1.165, 1.54) is 15.9 Å². The van der Waals surface area contributed by atoms with Gasteiger partial charge in [0.1, 0.15) is 10.7 Å². The maximum Gasteiger partial charge on any atom is 0.273 e. The van der Waals surface area contributed by atoms with Crippen molar-refractivity contribution in [3.8, 4) is 11.8 Å². The Morgan fingerprint density at radius 1 is 1.22 bits per heavy atom. The van der Waals surface area contributed by atoms with Gasteiger partial charge in [-0.1, -0.05) is 19.1 Å². The van der Waals surface area contributed by atoms with Crippen molar-refractivity contribution in [2.75, 3.05) is 26.3 Å². The van der Waals surface area contributed by atoms with E-state index in [-0.39, 0.29) is 17.0 Å². The maximum atomic E-state index is 13.5. The quantitative estimate of drug-likeness (QED) is 0.592. The molecule has 3 heterocycles. The first-order valence-electron chi connectivity index (χ1n) is 10.4. The van der Waals surface area contributed by atoms with Gasteiger partial charge in [-0.25, -0.2) is 0 Å². The van der Waals surface area contributed by atoms with Crippen molar-refractivity contribution in [2.45, 2.75) is 20.3 Å². The number of thiophene rings is 1. The van der Waals surface area contributed by atoms with Crippen LogP contribution in [0.2, 0.25) is 0 Å². The summed E-state index contributed by atoms with van der Waals surface area (Å²) in [6.07, 6.45) is 2.73. The van der Waals surface area contributed by atoms with Gasteiger partial charge < -0.3 is 9.64 Å². The molecule has 0 saturated carbocycles. The third kappa shape index (κ3) is 4.32. The fourth-order valence-electron chi connectivity index (χ4n) is 3.53. The Hall–Kier alpha value is -2.99. The fourth-order valence-corrected chi connectivity index (χ4v) is 5.54. The minimum Gasteiger partial charge on any atom is -0.378 e. The van der Waals surface area contributed by atoms with E-state index in [9.17, 15) is 14.9 Å². The average Bonchev–Trinajstić information content (AvgIpc) is 3.38. The summed E-state index contributed by atoms with van der Waals surface area (Å²) >= 11 is 2.74. The lowest BCUT2D eigenvalue weighted by Gasteiger charge is -2.26. The number of amides is 1. The summed E-state index contributed by atoms with van der Waals surface area (Å²) in [6.45, 7) is 5.80. The lowest BCUT2D eigenvalue weighted by atomic mass is 10.1. The zero-order valence-electron chi connectivity index (χ0n) is 18.0. The van der Waals surface area contributed by atoms with E-state index in [2.05, 4.69) is 13.0 Å². The van der Waals surface area contributed by atoms with Gasteiger partial charge in [-0.05, 0) is 54.1 Å². The van der Waals surface area contributed by atoms with Crippen LogP contribution < -0.4 is 14.8 Å². The Balaban J connectivity index is 1.98. The van der Waals surface area contributed by atoms with Crippen molar-refractivity contribution < 1.29 is 9.53 Å². The summed E-state index contributed by atoms with van der Waals surface area (Å²) in [6, 6.07) is 11.7. The molecule has 0 spiro atoms. The second kappa shape index (κ2) is 9.65. The number of aryl methyl sites for hydroxylation is 2. The third-order valence-corrected chi connectivity index (χ3v) is 7.49. The molecule has 1 aliphatic rings. The van der Waals surface area contributed by atoms with Crippen molar-refractivity contribution in [2.24, 2.45) is 0 Å². The number of hydrogen-bond donors (Lipinski definition) is 0. The number of carbonyl (C=O) groups excluding carboxylic acids is 1. The molecule has 32 heavy (non-hydrogen) atoms. The Labute approximate surface area is 193 Å². The van der Waals surface area contributed by atoms with Gasteiger partial charge in [0.2, 0.25) is 0 Å². The molecule has 8 heteroatoms. The predicted octanol–water partition coefficient (Wildman–Crippen LogP) is 2.19. The monoisotopic (exact) mass is 465 g/mol. The molecular weight excluding hydrogens is 442 g/mol. The number of morpholine rings is 1. The third-order valence-electron chi connectivity index (χ3n) is 5.43. The van der Waals surface area contributed by atoms with Crippen LogP contribution in [0.1, 0.15) is 22.9 Å². The van der Waals surface area contributed by atoms with Crippen molar-refractivity contribution in [1.29, 1.82) is 5.26 Å². The Bertz CT molecular complexity index is 1350. The smallest absolute Gasteiger partial charge is 0.273 e. The van der Waals surface area contributed by atoms with Crippen LogP contribution >= 0.6 is 22.7 Å². The molecule has 6 nitrogen and oxygen atoms in total. The Morgan fingerprint density at radius 3 is 2.53 bits per heavy atom. The Kier molecular flexibility index (Phi) is 6.70. The topological polar surface area (TPSA) is 75.3 Å². The molecule has 2 aromatic heterocycles. The second-order valence-corrected chi connectivity index (χ2v) is 9.41. The van der Waals surface area contributed by atoms with E-state index < -0.39 is 0 Å². The van der Waals surface area contributed by atoms with E-state index in [1.54, 1.807) is 16.2 Å². The first-order chi connectivity index (χ1) is 15.5. The highest BCUT2D eigenvalue weighted by atomic mass is 32.1. The second-order valence-electron chi connectivity index (χ2n) is 7.44. The highest BCUT2D eigenvalue weighted by Gasteiger charge is 2.24. The van der Waals surface area contributed by atoms with Crippen LogP contribution in [0.4, 0.5) is 0 Å². The normalized spacial score (nSPS) is 15.5. The van der Waals surface area contributed by atoms with Crippen molar-refractivity contribution in [3.05, 3.63) is 71.3 Å². The summed E-state index contributed by atoms with van der Waals surface area (Å²) < 4.78 is 7.68. The number of rotatable bonds is 4. The van der Waals surface area contributed by atoms with Gasteiger partial charge in [0.15, 0.2) is 5.57 Å². The molecule has 4 rings (SSSR count). The number of nitrogens with zero attached hydrogens (tertiary/aromatic N) is 3. The van der Waals surface area contributed by atoms with E-state index in [0.29, 0.717) is 41.2 Å². The number of aromatic nitrogens is 1. The number of hydrogen-bond acceptors (Lipinski definition) is 6. The van der Waals surface area contributed by atoms with E-state index in [4.69, 9.17) is 4.74 Å². The van der Waals surface area contributed by atoms with Gasteiger partial charge in [-0.15, -0.1) is 22.7 Å². The minimum atomic E-state index is -0.366. The summed E-state index contributed by atoms with van der Waals surface area (Å²) in [5.41, 5.74) is 2.62. The van der Waals surface area contributed by atoms with Crippen molar-refractivity contribution >= 4 is 40.2 Å². The highest BCUT2D eigenvalue weighted by molar-refractivity contribution is 7.11. The van der Waals surface area contributed by atoms with Gasteiger partial charge in [0.05, 0.1) is 23.4 Å². The molecule has 164 valence electrons. The lowest BCUT2D eigenvalue weighted by molar-refractivity contribution is -0.128. The molecule has 0 atom stereocenters. The lowest BCUT2D eigenvalue weighted by Crippen LogP contribution is -2.42. The average molecular weight is 466 g/mol. The van der Waals surface area contributed by atoms with E-state index in [1.807, 2.05) is 48.7 Å². The van der Waals surface area contributed by atoms with Crippen LogP contribution in [0.5, 0.6) is 0 Å². The van der Waals surface area contributed by atoms with E-state index in [0.717, 1.165) is 22.4 Å². The van der Waals surface area contributed by atoms with Crippen molar-refractivity contribution in [3.63, 3.8) is 0 Å². The fraction of sp³-hybridized carbons (Fsp3) is 0.292. The Morgan fingerprint density at radius 2 is 1.94 bits per heavy atom. The van der Waals surface area contributed by atoms with Gasteiger partial charge in [0.25, 0.3) is 11.5 Å². The number of benzene rings is 1. The molecule has 3 aromatic rings. The van der Waals surface area contributed by atoms with Crippen LogP contribution in [-0.4, -0.2) is 41.7 Å². The van der Waals surface area contributed by atoms with Crippen LogP contribution in [0.3, 0.4) is 0 Å². The molecule has 0 aliphatic carbocycles. The van der Waals surface area contributed by atoms with Gasteiger partial charge in [-0.2, -0.15) is 5.26 Å². The zero-order valence-corrected chi connectivity index (χ0v) is 19.6. The SMILES string of the molecule is CCc1ccc(-n2c(=O)/c(=C\c3sccc3C)s/c2=C(/C#N)C(=O)N2CCOCC2)cc1. The van der Waals surface area contributed by atoms with Crippen LogP contribution in [0.15, 0.2) is 40.5 Å². The highest BCUT2D eigenvalue weighted by Crippen LogP contribution is 2.16. The summed E-state index contributed by atoms with van der Waals surface area (Å²) in [5, 5.41) is 11.9. The first-order valence-corrected chi connectivity index (χ1v) is 12.1. The van der Waals surface area contributed by atoms with Crippen LogP contribution in [0.25, 0.3) is 17.3 Å². The standard InChI is InChI=1S/C24H23N3O3S2/c1-3-17-4-6-18(7-5-17)27-23(29)21(14-20-16(2)8-13-31-20)32-24(27)19(15-25)22(28)26-9-11-30-12-10-26/h4-8,13-14H,3,9-12H2,1-2H3/b21-14+,24-19-. The molecule has 1 amide bonds. The number of thiazole rings is 1. The van der Waals surface area contributed by atoms with Crippen LogP contribution in [-0.2, 0) is 16.0 Å².